The number of aryl methyl sites for hydroxylation is 1. The second-order valence-electron chi connectivity index (χ2n) is 4.75. The number of esters is 1. The standard InChI is InChI=1S/C13H20N2O2S/c1-15(11-5-3-4-6-11)13-14-10(9-18-13)7-8-12(16)17-2/h9,11H,3-8H2,1-2H3. The van der Waals surface area contributed by atoms with Crippen molar-refractivity contribution in [2.75, 3.05) is 19.1 Å². The Morgan fingerprint density at radius 2 is 2.28 bits per heavy atom. The van der Waals surface area contributed by atoms with Crippen LogP contribution >= 0.6 is 11.3 Å². The molecule has 0 unspecified atom stereocenters. The van der Waals surface area contributed by atoms with Crippen LogP contribution in [0.3, 0.4) is 0 Å². The summed E-state index contributed by atoms with van der Waals surface area (Å²) in [4.78, 5) is 18.0. The lowest BCUT2D eigenvalue weighted by atomic mass is 10.2. The lowest BCUT2D eigenvalue weighted by Crippen LogP contribution is -2.28. The average Bonchev–Trinajstić information content (AvgIpc) is 3.05. The molecule has 0 N–H and O–H groups in total. The van der Waals surface area contributed by atoms with Crippen molar-refractivity contribution in [3.05, 3.63) is 11.1 Å². The van der Waals surface area contributed by atoms with E-state index in [1.807, 2.05) is 5.38 Å². The average molecular weight is 268 g/mol. The van der Waals surface area contributed by atoms with Crippen LogP contribution in [0.4, 0.5) is 5.13 Å². The van der Waals surface area contributed by atoms with Gasteiger partial charge in [-0.1, -0.05) is 12.8 Å². The third-order valence-electron chi connectivity index (χ3n) is 3.53. The van der Waals surface area contributed by atoms with E-state index < -0.39 is 0 Å². The first-order valence-electron chi connectivity index (χ1n) is 6.44. The first kappa shape index (κ1) is 13.3. The topological polar surface area (TPSA) is 42.4 Å². The van der Waals surface area contributed by atoms with Crippen LogP contribution in [0.5, 0.6) is 0 Å². The molecule has 1 fully saturated rings. The number of hydrogen-bond acceptors (Lipinski definition) is 5. The van der Waals surface area contributed by atoms with Gasteiger partial charge in [-0.2, -0.15) is 0 Å². The molecule has 100 valence electrons. The molecule has 0 amide bonds. The third-order valence-corrected chi connectivity index (χ3v) is 4.51. The maximum Gasteiger partial charge on any atom is 0.305 e. The van der Waals surface area contributed by atoms with E-state index in [1.54, 1.807) is 11.3 Å². The number of aromatic nitrogens is 1. The lowest BCUT2D eigenvalue weighted by molar-refractivity contribution is -0.140. The fourth-order valence-corrected chi connectivity index (χ4v) is 3.25. The summed E-state index contributed by atoms with van der Waals surface area (Å²) in [6, 6.07) is 0.643. The maximum atomic E-state index is 11.1. The number of carbonyl (C=O) groups excluding carboxylic acids is 1. The predicted molar refractivity (Wildman–Crippen MR) is 73.1 cm³/mol. The van der Waals surface area contributed by atoms with Gasteiger partial charge in [0.05, 0.1) is 19.2 Å². The van der Waals surface area contributed by atoms with E-state index in [2.05, 4.69) is 21.7 Å². The zero-order valence-corrected chi connectivity index (χ0v) is 11.8. The lowest BCUT2D eigenvalue weighted by Gasteiger charge is -2.23. The molecule has 0 bridgehead atoms. The quantitative estimate of drug-likeness (QED) is 0.770. The summed E-state index contributed by atoms with van der Waals surface area (Å²) in [6.07, 6.45) is 6.28. The molecule has 0 radical (unpaired) electrons. The molecular formula is C13H20N2O2S. The van der Waals surface area contributed by atoms with Gasteiger partial charge in [-0.3, -0.25) is 4.79 Å². The zero-order valence-electron chi connectivity index (χ0n) is 11.0. The van der Waals surface area contributed by atoms with Gasteiger partial charge in [0.2, 0.25) is 0 Å². The predicted octanol–water partition coefficient (Wildman–Crippen LogP) is 2.63. The number of ether oxygens (including phenoxy) is 1. The highest BCUT2D eigenvalue weighted by Crippen LogP contribution is 2.29. The van der Waals surface area contributed by atoms with E-state index in [1.165, 1.54) is 32.8 Å². The van der Waals surface area contributed by atoms with Crippen LogP contribution in [0.2, 0.25) is 0 Å². The Labute approximate surface area is 112 Å². The maximum absolute atomic E-state index is 11.1. The number of thiazole rings is 1. The molecule has 1 aromatic heterocycles. The highest BCUT2D eigenvalue weighted by Gasteiger charge is 2.21. The Balaban J connectivity index is 1.90. The molecule has 0 aliphatic heterocycles. The number of carbonyl (C=O) groups is 1. The summed E-state index contributed by atoms with van der Waals surface area (Å²) < 4.78 is 4.63. The fraction of sp³-hybridized carbons (Fsp3) is 0.692. The smallest absolute Gasteiger partial charge is 0.305 e. The van der Waals surface area contributed by atoms with E-state index in [4.69, 9.17) is 0 Å². The Hall–Kier alpha value is -1.10. The molecule has 5 heteroatoms. The van der Waals surface area contributed by atoms with E-state index in [-0.39, 0.29) is 5.97 Å². The third kappa shape index (κ3) is 3.22. The van der Waals surface area contributed by atoms with Crippen LogP contribution in [-0.2, 0) is 16.0 Å². The van der Waals surface area contributed by atoms with Gasteiger partial charge < -0.3 is 9.64 Å². The molecule has 0 aromatic carbocycles. The van der Waals surface area contributed by atoms with Crippen molar-refractivity contribution in [1.82, 2.24) is 4.98 Å². The Morgan fingerprint density at radius 3 is 2.94 bits per heavy atom. The molecular weight excluding hydrogens is 248 g/mol. The van der Waals surface area contributed by atoms with Gasteiger partial charge in [-0.05, 0) is 12.8 Å². The molecule has 0 spiro atoms. The number of hydrogen-bond donors (Lipinski definition) is 0. The Bertz CT molecular complexity index is 399. The number of rotatable bonds is 5. The van der Waals surface area contributed by atoms with Gasteiger partial charge in [0.25, 0.3) is 0 Å². The van der Waals surface area contributed by atoms with Crippen molar-refractivity contribution in [2.24, 2.45) is 0 Å². The van der Waals surface area contributed by atoms with E-state index >= 15 is 0 Å². The molecule has 1 heterocycles. The number of nitrogens with zero attached hydrogens (tertiary/aromatic N) is 2. The second kappa shape index (κ2) is 6.18. The summed E-state index contributed by atoms with van der Waals surface area (Å²) >= 11 is 1.67. The highest BCUT2D eigenvalue weighted by molar-refractivity contribution is 7.13. The van der Waals surface area contributed by atoms with Crippen molar-refractivity contribution in [2.45, 2.75) is 44.6 Å². The summed E-state index contributed by atoms with van der Waals surface area (Å²) in [5.74, 6) is -0.173. The SMILES string of the molecule is COC(=O)CCc1csc(N(C)C2CCCC2)n1. The molecule has 1 saturated carbocycles. The highest BCUT2D eigenvalue weighted by atomic mass is 32.1. The first-order chi connectivity index (χ1) is 8.70. The minimum absolute atomic E-state index is 0.173. The molecule has 0 saturated heterocycles. The van der Waals surface area contributed by atoms with Gasteiger partial charge in [0.1, 0.15) is 0 Å². The van der Waals surface area contributed by atoms with Crippen LogP contribution in [0.25, 0.3) is 0 Å². The van der Waals surface area contributed by atoms with Crippen molar-refractivity contribution < 1.29 is 9.53 Å². The van der Waals surface area contributed by atoms with E-state index in [0.717, 1.165) is 10.8 Å². The Kier molecular flexibility index (Phi) is 4.58. The van der Waals surface area contributed by atoms with Gasteiger partial charge in [0.15, 0.2) is 5.13 Å². The van der Waals surface area contributed by atoms with E-state index in [0.29, 0.717) is 18.9 Å². The van der Waals surface area contributed by atoms with Gasteiger partial charge in [-0.25, -0.2) is 4.98 Å². The fourth-order valence-electron chi connectivity index (χ4n) is 2.35. The Morgan fingerprint density at radius 1 is 1.56 bits per heavy atom. The molecule has 1 aromatic rings. The number of anilines is 1. The molecule has 1 aliphatic carbocycles. The van der Waals surface area contributed by atoms with Crippen molar-refractivity contribution in [3.63, 3.8) is 0 Å². The molecule has 18 heavy (non-hydrogen) atoms. The van der Waals surface area contributed by atoms with Crippen LogP contribution in [0.15, 0.2) is 5.38 Å². The first-order valence-corrected chi connectivity index (χ1v) is 7.32. The van der Waals surface area contributed by atoms with Gasteiger partial charge in [0, 0.05) is 24.9 Å². The van der Waals surface area contributed by atoms with Crippen molar-refractivity contribution in [3.8, 4) is 0 Å². The molecule has 0 atom stereocenters. The van der Waals surface area contributed by atoms with Gasteiger partial charge >= 0.3 is 5.97 Å². The monoisotopic (exact) mass is 268 g/mol. The summed E-state index contributed by atoms with van der Waals surface area (Å²) in [5.41, 5.74) is 0.991. The second-order valence-corrected chi connectivity index (χ2v) is 5.58. The van der Waals surface area contributed by atoms with Crippen molar-refractivity contribution >= 4 is 22.4 Å². The number of methoxy groups -OCH3 is 1. The summed E-state index contributed by atoms with van der Waals surface area (Å²) in [5, 5.41) is 3.12. The van der Waals surface area contributed by atoms with Crippen LogP contribution in [-0.4, -0.2) is 31.2 Å². The normalized spacial score (nSPS) is 15.9. The van der Waals surface area contributed by atoms with Crippen LogP contribution < -0.4 is 4.90 Å². The van der Waals surface area contributed by atoms with Crippen LogP contribution in [0, 0.1) is 0 Å². The van der Waals surface area contributed by atoms with Gasteiger partial charge in [-0.15, -0.1) is 11.3 Å². The van der Waals surface area contributed by atoms with E-state index in [9.17, 15) is 4.79 Å². The summed E-state index contributed by atoms with van der Waals surface area (Å²) in [6.45, 7) is 0. The summed E-state index contributed by atoms with van der Waals surface area (Å²) in [7, 11) is 3.54. The molecule has 2 rings (SSSR count). The largest absolute Gasteiger partial charge is 0.469 e. The minimum Gasteiger partial charge on any atom is -0.469 e. The molecule has 4 nitrogen and oxygen atoms in total. The molecule has 1 aliphatic rings. The minimum atomic E-state index is -0.173. The van der Waals surface area contributed by atoms with Crippen molar-refractivity contribution in [1.29, 1.82) is 0 Å². The zero-order chi connectivity index (χ0) is 13.0. The van der Waals surface area contributed by atoms with Crippen LogP contribution in [0.1, 0.15) is 37.8 Å².